The minimum atomic E-state index is -0.0977. The highest BCUT2D eigenvalue weighted by atomic mass is 32.2. The molecule has 18 heavy (non-hydrogen) atoms. The molecule has 0 amide bonds. The summed E-state index contributed by atoms with van der Waals surface area (Å²) >= 11 is 2.07. The summed E-state index contributed by atoms with van der Waals surface area (Å²) in [5.41, 5.74) is 0.177. The third kappa shape index (κ3) is 2.87. The average molecular weight is 271 g/mol. The molecule has 0 aromatic rings. The topological polar surface area (TPSA) is 32.7 Å². The molecular formula is C14H25NO2S. The van der Waals surface area contributed by atoms with Crippen LogP contribution < -0.4 is 0 Å². The molecule has 3 heterocycles. The first-order valence-electron chi connectivity index (χ1n) is 7.41. The number of likely N-dealkylation sites (tertiary alicyclic amines) is 1. The fraction of sp³-hybridized carbons (Fsp3) is 1.00. The monoisotopic (exact) mass is 271 g/mol. The van der Waals surface area contributed by atoms with E-state index < -0.39 is 0 Å². The first-order valence-corrected chi connectivity index (χ1v) is 8.57. The maximum atomic E-state index is 9.84. The van der Waals surface area contributed by atoms with Gasteiger partial charge in [0, 0.05) is 19.2 Å². The second-order valence-electron chi connectivity index (χ2n) is 6.08. The minimum absolute atomic E-state index is 0.0977. The Hall–Kier alpha value is 0.230. The molecule has 1 spiro atoms. The third-order valence-corrected chi connectivity index (χ3v) is 5.80. The lowest BCUT2D eigenvalue weighted by molar-refractivity contribution is -0.116. The Morgan fingerprint density at radius 1 is 1.22 bits per heavy atom. The zero-order valence-corrected chi connectivity index (χ0v) is 12.0. The number of ether oxygens (including phenoxy) is 1. The number of β-amino-alcohol motifs (C(OH)–C–C–N with tert-alkyl or cyclic N) is 1. The Bertz CT molecular complexity index is 275. The van der Waals surface area contributed by atoms with E-state index in [2.05, 4.69) is 16.7 Å². The standard InChI is InChI=1S/C14H25NO2S/c16-13-2-1-6-15(11-13)12-3-7-17-14(10-12)4-8-18-9-5-14/h12-13,16H,1-11H2/t12?,13-/m0/s1. The highest BCUT2D eigenvalue weighted by molar-refractivity contribution is 7.99. The minimum Gasteiger partial charge on any atom is -0.392 e. The fourth-order valence-electron chi connectivity index (χ4n) is 3.72. The van der Waals surface area contributed by atoms with Crippen molar-refractivity contribution in [2.75, 3.05) is 31.2 Å². The quantitative estimate of drug-likeness (QED) is 0.789. The van der Waals surface area contributed by atoms with Gasteiger partial charge in [0.2, 0.25) is 0 Å². The van der Waals surface area contributed by atoms with Crippen LogP contribution in [0.25, 0.3) is 0 Å². The lowest BCUT2D eigenvalue weighted by Crippen LogP contribution is -2.53. The molecule has 3 saturated heterocycles. The van der Waals surface area contributed by atoms with Crippen molar-refractivity contribution in [1.29, 1.82) is 0 Å². The third-order valence-electron chi connectivity index (χ3n) is 4.82. The van der Waals surface area contributed by atoms with Crippen LogP contribution in [-0.4, -0.2) is 59.0 Å². The summed E-state index contributed by atoms with van der Waals surface area (Å²) in [6, 6.07) is 0.650. The lowest BCUT2D eigenvalue weighted by Gasteiger charge is -2.47. The van der Waals surface area contributed by atoms with Crippen molar-refractivity contribution in [3.8, 4) is 0 Å². The maximum Gasteiger partial charge on any atom is 0.0713 e. The van der Waals surface area contributed by atoms with Crippen molar-refractivity contribution in [2.45, 2.75) is 56.3 Å². The molecule has 0 saturated carbocycles. The molecule has 3 aliphatic heterocycles. The zero-order chi connectivity index (χ0) is 12.4. The summed E-state index contributed by atoms with van der Waals surface area (Å²) in [6.07, 6.45) is 6.85. The summed E-state index contributed by atoms with van der Waals surface area (Å²) in [6.45, 7) is 2.98. The van der Waals surface area contributed by atoms with E-state index in [0.717, 1.165) is 32.4 Å². The van der Waals surface area contributed by atoms with Gasteiger partial charge in [0.25, 0.3) is 0 Å². The second-order valence-corrected chi connectivity index (χ2v) is 7.31. The Labute approximate surface area is 114 Å². The van der Waals surface area contributed by atoms with Crippen LogP contribution >= 0.6 is 11.8 Å². The smallest absolute Gasteiger partial charge is 0.0713 e. The predicted octanol–water partition coefficient (Wildman–Crippen LogP) is 1.89. The van der Waals surface area contributed by atoms with Crippen LogP contribution in [-0.2, 0) is 4.74 Å². The molecule has 0 aromatic carbocycles. The molecule has 4 heteroatoms. The molecule has 0 radical (unpaired) electrons. The van der Waals surface area contributed by atoms with Crippen LogP contribution in [0.3, 0.4) is 0 Å². The van der Waals surface area contributed by atoms with Gasteiger partial charge in [-0.15, -0.1) is 0 Å². The van der Waals surface area contributed by atoms with Crippen LogP contribution in [0.2, 0.25) is 0 Å². The van der Waals surface area contributed by atoms with Crippen molar-refractivity contribution in [3.63, 3.8) is 0 Å². The van der Waals surface area contributed by atoms with Gasteiger partial charge in [-0.05, 0) is 56.6 Å². The number of aliphatic hydroxyl groups excluding tert-OH is 1. The van der Waals surface area contributed by atoms with Crippen LogP contribution in [0.1, 0.15) is 38.5 Å². The number of nitrogens with zero attached hydrogens (tertiary/aromatic N) is 1. The molecule has 2 atom stereocenters. The SMILES string of the molecule is O[C@H]1CCCN(C2CCOC3(CCSCC3)C2)C1. The molecule has 3 nitrogen and oxygen atoms in total. The molecule has 0 bridgehead atoms. The molecule has 3 fully saturated rings. The van der Waals surface area contributed by atoms with Gasteiger partial charge in [-0.25, -0.2) is 0 Å². The van der Waals surface area contributed by atoms with Crippen molar-refractivity contribution in [2.24, 2.45) is 0 Å². The van der Waals surface area contributed by atoms with Crippen molar-refractivity contribution < 1.29 is 9.84 Å². The van der Waals surface area contributed by atoms with E-state index in [0.29, 0.717) is 6.04 Å². The predicted molar refractivity (Wildman–Crippen MR) is 75.1 cm³/mol. The van der Waals surface area contributed by atoms with Gasteiger partial charge >= 0.3 is 0 Å². The zero-order valence-electron chi connectivity index (χ0n) is 11.1. The van der Waals surface area contributed by atoms with Gasteiger partial charge in [0.1, 0.15) is 0 Å². The van der Waals surface area contributed by atoms with Gasteiger partial charge < -0.3 is 9.84 Å². The summed E-state index contributed by atoms with van der Waals surface area (Å²) in [4.78, 5) is 2.53. The van der Waals surface area contributed by atoms with Gasteiger partial charge in [-0.3, -0.25) is 4.90 Å². The molecule has 0 aromatic heterocycles. The first kappa shape index (κ1) is 13.2. The number of thioether (sulfide) groups is 1. The highest BCUT2D eigenvalue weighted by Crippen LogP contribution is 2.39. The fourth-order valence-corrected chi connectivity index (χ4v) is 4.96. The summed E-state index contributed by atoms with van der Waals surface area (Å²) in [5, 5.41) is 9.84. The summed E-state index contributed by atoms with van der Waals surface area (Å²) in [5.74, 6) is 2.52. The average Bonchev–Trinajstić information content (AvgIpc) is 2.40. The van der Waals surface area contributed by atoms with Gasteiger partial charge in [-0.1, -0.05) is 0 Å². The Kier molecular flexibility index (Phi) is 4.18. The van der Waals surface area contributed by atoms with Crippen molar-refractivity contribution >= 4 is 11.8 Å². The summed E-state index contributed by atoms with van der Waals surface area (Å²) < 4.78 is 6.15. The van der Waals surface area contributed by atoms with E-state index in [1.54, 1.807) is 0 Å². The Balaban J connectivity index is 1.62. The maximum absolute atomic E-state index is 9.84. The van der Waals surface area contributed by atoms with E-state index in [9.17, 15) is 5.11 Å². The van der Waals surface area contributed by atoms with E-state index in [-0.39, 0.29) is 11.7 Å². The Morgan fingerprint density at radius 3 is 2.83 bits per heavy atom. The largest absolute Gasteiger partial charge is 0.392 e. The van der Waals surface area contributed by atoms with E-state index in [1.807, 2.05) is 0 Å². The highest BCUT2D eigenvalue weighted by Gasteiger charge is 2.41. The van der Waals surface area contributed by atoms with E-state index >= 15 is 0 Å². The molecule has 1 unspecified atom stereocenters. The Morgan fingerprint density at radius 2 is 2.06 bits per heavy atom. The number of rotatable bonds is 1. The first-order chi connectivity index (χ1) is 8.77. The second kappa shape index (κ2) is 5.70. The van der Waals surface area contributed by atoms with Crippen LogP contribution in [0.5, 0.6) is 0 Å². The number of hydrogen-bond donors (Lipinski definition) is 1. The molecule has 3 rings (SSSR count). The van der Waals surface area contributed by atoms with Crippen LogP contribution in [0.15, 0.2) is 0 Å². The van der Waals surface area contributed by atoms with Gasteiger partial charge in [0.05, 0.1) is 11.7 Å². The molecule has 1 N–H and O–H groups in total. The van der Waals surface area contributed by atoms with Gasteiger partial charge in [-0.2, -0.15) is 11.8 Å². The van der Waals surface area contributed by atoms with Crippen molar-refractivity contribution in [1.82, 2.24) is 4.90 Å². The van der Waals surface area contributed by atoms with E-state index in [1.165, 1.54) is 37.3 Å². The van der Waals surface area contributed by atoms with Gasteiger partial charge in [0.15, 0.2) is 0 Å². The number of hydrogen-bond acceptors (Lipinski definition) is 4. The normalized spacial score (nSPS) is 37.8. The van der Waals surface area contributed by atoms with Crippen molar-refractivity contribution in [3.05, 3.63) is 0 Å². The number of aliphatic hydroxyl groups is 1. The molecule has 104 valence electrons. The number of piperidine rings is 1. The summed E-state index contributed by atoms with van der Waals surface area (Å²) in [7, 11) is 0. The van der Waals surface area contributed by atoms with E-state index in [4.69, 9.17) is 4.74 Å². The lowest BCUT2D eigenvalue weighted by atomic mass is 9.84. The molecule has 3 aliphatic rings. The molecule has 0 aliphatic carbocycles. The van der Waals surface area contributed by atoms with Crippen LogP contribution in [0.4, 0.5) is 0 Å². The van der Waals surface area contributed by atoms with Crippen LogP contribution in [0, 0.1) is 0 Å². The molecular weight excluding hydrogens is 246 g/mol.